The lowest BCUT2D eigenvalue weighted by Crippen LogP contribution is -2.45. The van der Waals surface area contributed by atoms with E-state index < -0.39 is 12.1 Å². The minimum atomic E-state index is -0.861. The van der Waals surface area contributed by atoms with E-state index in [-0.39, 0.29) is 12.5 Å². The highest BCUT2D eigenvalue weighted by Crippen LogP contribution is 2.18. The molecule has 0 aliphatic rings. The summed E-state index contributed by atoms with van der Waals surface area (Å²) in [6.45, 7) is 4.33. The fourth-order valence-corrected chi connectivity index (χ4v) is 9.84. The summed E-state index contributed by atoms with van der Waals surface area (Å²) in [5.41, 5.74) is 0. The lowest BCUT2D eigenvalue weighted by molar-refractivity contribution is -0.123. The molecule has 402 valence electrons. The van der Waals surface area contributed by atoms with Gasteiger partial charge in [-0.25, -0.2) is 0 Å². The van der Waals surface area contributed by atoms with E-state index in [1.165, 1.54) is 295 Å². The van der Waals surface area contributed by atoms with Crippen LogP contribution in [0.25, 0.3) is 0 Å². The van der Waals surface area contributed by atoms with Gasteiger partial charge in [-0.05, 0) is 57.8 Å². The van der Waals surface area contributed by atoms with Crippen molar-refractivity contribution < 1.29 is 15.0 Å². The fourth-order valence-electron chi connectivity index (χ4n) is 9.84. The Bertz CT molecular complexity index is 1040. The monoisotopic (exact) mass is 954 g/mol. The second kappa shape index (κ2) is 59.9. The molecule has 0 aliphatic heterocycles. The third kappa shape index (κ3) is 55.5. The van der Waals surface area contributed by atoms with Gasteiger partial charge in [0, 0.05) is 6.42 Å². The number of hydrogen-bond donors (Lipinski definition) is 3. The van der Waals surface area contributed by atoms with Crippen molar-refractivity contribution in [2.45, 2.75) is 360 Å². The number of aliphatic hydroxyl groups excluding tert-OH is 2. The molecule has 0 aromatic heterocycles. The molecular formula is C64H123NO3. The Morgan fingerprint density at radius 3 is 0.853 bits per heavy atom. The van der Waals surface area contributed by atoms with E-state index in [0.717, 1.165) is 32.1 Å². The minimum Gasteiger partial charge on any atom is -0.394 e. The predicted octanol–water partition coefficient (Wildman–Crippen LogP) is 20.8. The number of hydrogen-bond acceptors (Lipinski definition) is 3. The highest BCUT2D eigenvalue weighted by Gasteiger charge is 2.18. The van der Waals surface area contributed by atoms with E-state index in [9.17, 15) is 15.0 Å². The van der Waals surface area contributed by atoms with E-state index in [4.69, 9.17) is 0 Å². The molecular weight excluding hydrogens is 831 g/mol. The Hall–Kier alpha value is -1.39. The van der Waals surface area contributed by atoms with Crippen LogP contribution in [0.2, 0.25) is 0 Å². The van der Waals surface area contributed by atoms with Crippen molar-refractivity contribution in [2.75, 3.05) is 6.61 Å². The van der Waals surface area contributed by atoms with Gasteiger partial charge in [-0.2, -0.15) is 0 Å². The van der Waals surface area contributed by atoms with Crippen LogP contribution in [0.5, 0.6) is 0 Å². The van der Waals surface area contributed by atoms with Gasteiger partial charge in [-0.1, -0.05) is 320 Å². The zero-order valence-corrected chi connectivity index (χ0v) is 46.4. The molecule has 0 spiro atoms. The molecule has 0 aliphatic carbocycles. The molecule has 3 N–H and O–H groups in total. The van der Waals surface area contributed by atoms with Crippen molar-refractivity contribution in [3.8, 4) is 0 Å². The van der Waals surface area contributed by atoms with E-state index in [0.29, 0.717) is 6.42 Å². The first kappa shape index (κ1) is 66.6. The normalized spacial score (nSPS) is 12.9. The lowest BCUT2D eigenvalue weighted by atomic mass is 10.0. The standard InChI is InChI=1S/C64H123NO3/c1-3-5-7-9-11-13-15-17-19-21-23-25-26-27-28-29-30-31-32-33-34-35-36-37-38-40-42-44-46-48-50-52-54-56-58-60-64(68)65-62(61-66)63(67)59-57-55-53-51-49-47-45-43-41-39-24-22-20-18-16-14-12-10-8-6-4-2/h21,23,49,51,57,59,62-63,66-67H,3-20,22,24-48,50,52-56,58,60-61H2,1-2H3,(H,65,68)/b23-21-,51-49+,59-57+. The Kier molecular flexibility index (Phi) is 58.7. The number of unbranched alkanes of at least 4 members (excludes halogenated alkanes) is 47. The number of aliphatic hydroxyl groups is 2. The van der Waals surface area contributed by atoms with Crippen LogP contribution in [-0.2, 0) is 4.79 Å². The zero-order valence-electron chi connectivity index (χ0n) is 46.4. The van der Waals surface area contributed by atoms with Crippen molar-refractivity contribution >= 4 is 5.91 Å². The third-order valence-corrected chi connectivity index (χ3v) is 14.6. The van der Waals surface area contributed by atoms with Crippen LogP contribution < -0.4 is 5.32 Å². The van der Waals surface area contributed by atoms with Gasteiger partial charge in [0.2, 0.25) is 5.91 Å². The average Bonchev–Trinajstić information content (AvgIpc) is 3.34. The second-order valence-electron chi connectivity index (χ2n) is 21.5. The van der Waals surface area contributed by atoms with Gasteiger partial charge in [-0.3, -0.25) is 4.79 Å². The molecule has 0 aromatic rings. The first-order chi connectivity index (χ1) is 33.7. The smallest absolute Gasteiger partial charge is 0.220 e. The van der Waals surface area contributed by atoms with Crippen molar-refractivity contribution in [1.29, 1.82) is 0 Å². The van der Waals surface area contributed by atoms with Crippen LogP contribution >= 0.6 is 0 Å². The largest absolute Gasteiger partial charge is 0.394 e. The molecule has 2 atom stereocenters. The highest BCUT2D eigenvalue weighted by molar-refractivity contribution is 5.76. The maximum Gasteiger partial charge on any atom is 0.220 e. The number of allylic oxidation sites excluding steroid dienone is 5. The van der Waals surface area contributed by atoms with Crippen LogP contribution in [-0.4, -0.2) is 34.9 Å². The van der Waals surface area contributed by atoms with E-state index in [1.54, 1.807) is 6.08 Å². The summed E-state index contributed by atoms with van der Waals surface area (Å²) in [5, 5.41) is 23.2. The van der Waals surface area contributed by atoms with E-state index in [1.807, 2.05) is 6.08 Å². The summed E-state index contributed by atoms with van der Waals surface area (Å²) >= 11 is 0. The minimum absolute atomic E-state index is 0.0668. The van der Waals surface area contributed by atoms with Crippen molar-refractivity contribution in [1.82, 2.24) is 5.32 Å². The number of carbonyl (C=O) groups excluding carboxylic acids is 1. The Labute approximate surface area is 427 Å². The van der Waals surface area contributed by atoms with Crippen LogP contribution in [0.1, 0.15) is 348 Å². The summed E-state index contributed by atoms with van der Waals surface area (Å²) in [5.74, 6) is -0.0668. The first-order valence-electron chi connectivity index (χ1n) is 31.2. The molecule has 0 rings (SSSR count). The van der Waals surface area contributed by atoms with Gasteiger partial charge in [-0.15, -0.1) is 0 Å². The van der Waals surface area contributed by atoms with E-state index >= 15 is 0 Å². The van der Waals surface area contributed by atoms with Crippen LogP contribution in [0.3, 0.4) is 0 Å². The van der Waals surface area contributed by atoms with Gasteiger partial charge >= 0.3 is 0 Å². The number of carbonyl (C=O) groups is 1. The molecule has 4 heteroatoms. The quantitative estimate of drug-likeness (QED) is 0.0420. The first-order valence-corrected chi connectivity index (χ1v) is 31.2. The molecule has 0 bridgehead atoms. The molecule has 0 saturated carbocycles. The second-order valence-corrected chi connectivity index (χ2v) is 21.5. The van der Waals surface area contributed by atoms with Gasteiger partial charge < -0.3 is 15.5 Å². The maximum absolute atomic E-state index is 12.5. The van der Waals surface area contributed by atoms with Gasteiger partial charge in [0.05, 0.1) is 18.8 Å². The SMILES string of the molecule is CCCCCCCCCC/C=C\CCCCCCCCCCCCCCCCCCCCCCCCCC(=O)NC(CO)C(O)/C=C/CC/C=C/CCCCCCCCCCCCCCCCC. The molecule has 4 nitrogen and oxygen atoms in total. The van der Waals surface area contributed by atoms with Crippen molar-refractivity contribution in [3.63, 3.8) is 0 Å². The van der Waals surface area contributed by atoms with Gasteiger partial charge in [0.15, 0.2) is 0 Å². The van der Waals surface area contributed by atoms with Crippen LogP contribution in [0, 0.1) is 0 Å². The molecule has 0 heterocycles. The molecule has 68 heavy (non-hydrogen) atoms. The molecule has 1 amide bonds. The van der Waals surface area contributed by atoms with Crippen LogP contribution in [0.4, 0.5) is 0 Å². The Morgan fingerprint density at radius 2 is 0.574 bits per heavy atom. The number of nitrogens with one attached hydrogen (secondary N) is 1. The topological polar surface area (TPSA) is 69.6 Å². The zero-order chi connectivity index (χ0) is 49.2. The van der Waals surface area contributed by atoms with Gasteiger partial charge in [0.1, 0.15) is 0 Å². The molecule has 2 unspecified atom stereocenters. The molecule has 0 radical (unpaired) electrons. The highest BCUT2D eigenvalue weighted by atomic mass is 16.3. The summed E-state index contributed by atoms with van der Waals surface area (Å²) in [6, 6.07) is -0.638. The molecule has 0 aromatic carbocycles. The summed E-state index contributed by atoms with van der Waals surface area (Å²) < 4.78 is 0. The Morgan fingerprint density at radius 1 is 0.338 bits per heavy atom. The summed E-state index contributed by atoms with van der Waals surface area (Å²) in [4.78, 5) is 12.5. The number of rotatable bonds is 58. The molecule has 0 saturated heterocycles. The fraction of sp³-hybridized carbons (Fsp3) is 0.891. The van der Waals surface area contributed by atoms with Crippen molar-refractivity contribution in [3.05, 3.63) is 36.5 Å². The maximum atomic E-state index is 12.5. The van der Waals surface area contributed by atoms with Gasteiger partial charge in [0.25, 0.3) is 0 Å². The third-order valence-electron chi connectivity index (χ3n) is 14.6. The average molecular weight is 955 g/mol. The predicted molar refractivity (Wildman–Crippen MR) is 304 cm³/mol. The summed E-state index contributed by atoms with van der Waals surface area (Å²) in [7, 11) is 0. The van der Waals surface area contributed by atoms with Crippen LogP contribution in [0.15, 0.2) is 36.5 Å². The number of amides is 1. The lowest BCUT2D eigenvalue weighted by Gasteiger charge is -2.19. The summed E-state index contributed by atoms with van der Waals surface area (Å²) in [6.07, 6.45) is 82.0. The van der Waals surface area contributed by atoms with E-state index in [2.05, 4.69) is 43.5 Å². The Balaban J connectivity index is 3.44. The van der Waals surface area contributed by atoms with Crippen molar-refractivity contribution in [2.24, 2.45) is 0 Å². The molecule has 0 fully saturated rings.